The Labute approximate surface area is 234 Å². The topological polar surface area (TPSA) is 171 Å². The molecule has 0 spiro atoms. The van der Waals surface area contributed by atoms with E-state index in [0.29, 0.717) is 41.3 Å². The second-order valence-electron chi connectivity index (χ2n) is 11.0. The summed E-state index contributed by atoms with van der Waals surface area (Å²) in [7, 11) is 3.07. The lowest BCUT2D eigenvalue weighted by atomic mass is 9.93. The summed E-state index contributed by atoms with van der Waals surface area (Å²) >= 11 is 0. The summed E-state index contributed by atoms with van der Waals surface area (Å²) in [5, 5.41) is 22.4. The number of fused-ring (bicyclic) bond motifs is 3. The van der Waals surface area contributed by atoms with E-state index >= 15 is 0 Å². The molecule has 3 aliphatic rings. The summed E-state index contributed by atoms with van der Waals surface area (Å²) in [6, 6.07) is -0.434. The first-order chi connectivity index (χ1) is 18.6. The molecule has 3 atom stereocenters. The number of aliphatic imine (C=N–C) groups is 1. The van der Waals surface area contributed by atoms with Crippen LogP contribution in [0.25, 0.3) is 11.0 Å². The molecule has 1 aromatic carbocycles. The summed E-state index contributed by atoms with van der Waals surface area (Å²) in [4.78, 5) is 30.1. The average molecular weight is 578 g/mol. The smallest absolute Gasteiger partial charge is 0.200 e. The van der Waals surface area contributed by atoms with Crippen molar-refractivity contribution in [2.45, 2.75) is 94.5 Å². The highest BCUT2D eigenvalue weighted by molar-refractivity contribution is 8.76. The quantitative estimate of drug-likeness (QED) is 0.172. The van der Waals surface area contributed by atoms with Gasteiger partial charge in [0.25, 0.3) is 0 Å². The number of hydrogen-bond acceptors (Lipinski definition) is 10. The van der Waals surface area contributed by atoms with Gasteiger partial charge in [0.15, 0.2) is 11.4 Å². The minimum atomic E-state index is -1.22. The molecule has 10 nitrogen and oxygen atoms in total. The van der Waals surface area contributed by atoms with Crippen LogP contribution in [0.2, 0.25) is 0 Å². The Balaban J connectivity index is 1.77. The van der Waals surface area contributed by atoms with Crippen molar-refractivity contribution in [2.75, 3.05) is 5.75 Å². The Bertz CT molecular complexity index is 1340. The highest BCUT2D eigenvalue weighted by Crippen LogP contribution is 2.50. The molecule has 1 fully saturated rings. The molecular formula is C27H35N3O7S2. The van der Waals surface area contributed by atoms with Gasteiger partial charge < -0.3 is 40.4 Å². The van der Waals surface area contributed by atoms with Gasteiger partial charge >= 0.3 is 0 Å². The fourth-order valence-corrected chi connectivity index (χ4v) is 7.87. The number of nitrogens with zero attached hydrogens (tertiary/aromatic N) is 1. The van der Waals surface area contributed by atoms with E-state index in [1.807, 2.05) is 0 Å². The predicted molar refractivity (Wildman–Crippen MR) is 152 cm³/mol. The molecule has 2 aliphatic heterocycles. The van der Waals surface area contributed by atoms with Crippen LogP contribution in [0.15, 0.2) is 14.2 Å². The van der Waals surface area contributed by atoms with Gasteiger partial charge in [-0.25, -0.2) is 4.99 Å². The summed E-state index contributed by atoms with van der Waals surface area (Å²) in [6.45, 7) is 3.38. The molecule has 2 aromatic rings. The Morgan fingerprint density at radius 2 is 1.97 bits per heavy atom. The van der Waals surface area contributed by atoms with E-state index in [9.17, 15) is 19.8 Å². The molecule has 5 rings (SSSR count). The van der Waals surface area contributed by atoms with E-state index in [4.69, 9.17) is 25.4 Å². The van der Waals surface area contributed by atoms with E-state index in [0.717, 1.165) is 31.2 Å². The van der Waals surface area contributed by atoms with Crippen LogP contribution in [-0.4, -0.2) is 52.1 Å². The number of rotatable bonds is 6. The van der Waals surface area contributed by atoms with Crippen LogP contribution in [0.5, 0.6) is 11.5 Å². The molecule has 0 unspecified atom stereocenters. The van der Waals surface area contributed by atoms with Gasteiger partial charge in [-0.3, -0.25) is 4.79 Å². The molecule has 12 heteroatoms. The first kappa shape index (κ1) is 28.1. The number of benzene rings is 1. The number of guanidine groups is 1. The Morgan fingerprint density at radius 1 is 1.23 bits per heavy atom. The molecule has 1 aliphatic carbocycles. The predicted octanol–water partition coefficient (Wildman–Crippen LogP) is 2.89. The van der Waals surface area contributed by atoms with Gasteiger partial charge in [0.2, 0.25) is 0 Å². The van der Waals surface area contributed by atoms with Crippen LogP contribution in [0.3, 0.4) is 0 Å². The van der Waals surface area contributed by atoms with Crippen molar-refractivity contribution in [1.29, 1.82) is 0 Å². The summed E-state index contributed by atoms with van der Waals surface area (Å²) in [5.41, 5.74) is 11.5. The second-order valence-corrected chi connectivity index (χ2v) is 13.5. The van der Waals surface area contributed by atoms with Crippen molar-refractivity contribution >= 4 is 44.8 Å². The maximum atomic E-state index is 14.2. The third-order valence-corrected chi connectivity index (χ3v) is 9.91. The van der Waals surface area contributed by atoms with Gasteiger partial charge in [-0.15, -0.1) is 0 Å². The number of hydrogen-bond donors (Lipinski definition) is 4. The number of ether oxygens (including phenoxy) is 2. The van der Waals surface area contributed by atoms with Crippen LogP contribution < -0.4 is 26.4 Å². The van der Waals surface area contributed by atoms with Gasteiger partial charge in [0, 0.05) is 47.5 Å². The molecule has 212 valence electrons. The minimum absolute atomic E-state index is 0.0253. The van der Waals surface area contributed by atoms with E-state index < -0.39 is 29.3 Å². The third-order valence-electron chi connectivity index (χ3n) is 7.55. The van der Waals surface area contributed by atoms with Crippen molar-refractivity contribution in [3.8, 4) is 11.5 Å². The molecule has 1 aromatic heterocycles. The lowest BCUT2D eigenvalue weighted by Crippen LogP contribution is -2.39. The molecular weight excluding hydrogens is 542 g/mol. The van der Waals surface area contributed by atoms with E-state index in [1.165, 1.54) is 21.6 Å². The molecule has 3 heterocycles. The SMILES string of the molecule is CC(C)(O)[C@@H]1Cc2c(c3c4oc(c(CC=O)c(=O)c4c2OC2CCCC2)[C@H](O)C[C@@H](N=C(N)N)CSSC3)O1. The molecule has 1 saturated carbocycles. The van der Waals surface area contributed by atoms with Crippen molar-refractivity contribution < 1.29 is 28.9 Å². The molecule has 39 heavy (non-hydrogen) atoms. The van der Waals surface area contributed by atoms with Crippen LogP contribution in [-0.2, 0) is 23.4 Å². The monoisotopic (exact) mass is 577 g/mol. The second kappa shape index (κ2) is 11.2. The number of nitrogens with two attached hydrogens (primary N) is 2. The zero-order valence-corrected chi connectivity index (χ0v) is 23.7. The summed E-state index contributed by atoms with van der Waals surface area (Å²) in [6.07, 6.45) is 2.86. The van der Waals surface area contributed by atoms with E-state index in [-0.39, 0.29) is 47.2 Å². The number of aliphatic hydroxyl groups is 2. The number of carbonyl (C=O) groups is 1. The van der Waals surface area contributed by atoms with Gasteiger partial charge in [0.05, 0.1) is 17.7 Å². The Hall–Kier alpha value is -2.41. The molecule has 0 saturated heterocycles. The van der Waals surface area contributed by atoms with Crippen LogP contribution in [0, 0.1) is 0 Å². The summed E-state index contributed by atoms with van der Waals surface area (Å²) < 4.78 is 19.3. The largest absolute Gasteiger partial charge is 0.489 e. The molecule has 6 N–H and O–H groups in total. The van der Waals surface area contributed by atoms with Crippen LogP contribution in [0.1, 0.15) is 74.5 Å². The standard InChI is InChI=1S/C27H35N3O7S2/c1-27(2,34)19-10-16-22(36-19)17-12-39-38-11-13(30-26(28)29)9-18(32)23-15(7-8-31)21(33)20(25(17)37-23)24(16)35-14-5-3-4-6-14/h8,13-14,18-19,32,34H,3-7,9-12H2,1-2H3,(H4,28,29,30)/t13-,18-,19+/m1/s1. The van der Waals surface area contributed by atoms with Crippen molar-refractivity contribution in [1.82, 2.24) is 0 Å². The van der Waals surface area contributed by atoms with Crippen LogP contribution >= 0.6 is 21.6 Å². The maximum absolute atomic E-state index is 14.2. The molecule has 0 amide bonds. The normalized spacial score (nSPS) is 23.7. The number of carbonyl (C=O) groups excluding carboxylic acids is 1. The zero-order chi connectivity index (χ0) is 27.9. The molecule has 2 bridgehead atoms. The fourth-order valence-electron chi connectivity index (χ4n) is 5.58. The summed E-state index contributed by atoms with van der Waals surface area (Å²) in [5.74, 6) is 1.80. The van der Waals surface area contributed by atoms with Gasteiger partial charge in [-0.1, -0.05) is 21.6 Å². The Kier molecular flexibility index (Phi) is 8.10. The van der Waals surface area contributed by atoms with Crippen molar-refractivity contribution in [2.24, 2.45) is 16.5 Å². The molecule has 0 radical (unpaired) electrons. The number of aliphatic hydroxyl groups excluding tert-OH is 1. The lowest BCUT2D eigenvalue weighted by molar-refractivity contribution is -0.107. The zero-order valence-electron chi connectivity index (χ0n) is 22.1. The van der Waals surface area contributed by atoms with E-state index in [1.54, 1.807) is 13.8 Å². The highest BCUT2D eigenvalue weighted by atomic mass is 33.1. The van der Waals surface area contributed by atoms with Crippen LogP contribution in [0.4, 0.5) is 0 Å². The van der Waals surface area contributed by atoms with Crippen molar-refractivity contribution in [3.63, 3.8) is 0 Å². The Morgan fingerprint density at radius 3 is 2.64 bits per heavy atom. The fraction of sp³-hybridized carbons (Fsp3) is 0.593. The van der Waals surface area contributed by atoms with Gasteiger partial charge in [0.1, 0.15) is 46.7 Å². The number of aldehydes is 1. The first-order valence-corrected chi connectivity index (χ1v) is 15.7. The van der Waals surface area contributed by atoms with Gasteiger partial charge in [-0.05, 0) is 39.5 Å². The van der Waals surface area contributed by atoms with E-state index in [2.05, 4.69) is 4.99 Å². The van der Waals surface area contributed by atoms with Crippen molar-refractivity contribution in [3.05, 3.63) is 32.7 Å². The van der Waals surface area contributed by atoms with Gasteiger partial charge in [-0.2, -0.15) is 0 Å². The lowest BCUT2D eigenvalue weighted by Gasteiger charge is -2.25. The third kappa shape index (κ3) is 5.61. The minimum Gasteiger partial charge on any atom is -0.489 e. The average Bonchev–Trinajstić information content (AvgIpc) is 3.53. The first-order valence-electron chi connectivity index (χ1n) is 13.3. The maximum Gasteiger partial charge on any atom is 0.200 e. The highest BCUT2D eigenvalue weighted by Gasteiger charge is 2.41.